The highest BCUT2D eigenvalue weighted by Gasteiger charge is 2.25. The van der Waals surface area contributed by atoms with Crippen molar-refractivity contribution in [3.8, 4) is 51.3 Å². The number of aromatic nitrogens is 4. The molecule has 7 heterocycles. The van der Waals surface area contributed by atoms with Gasteiger partial charge in [0.25, 0.3) is 0 Å². The number of carbonyl (C=O) groups is 1. The molecule has 8 bridgehead atoms. The molecule has 5 aromatic heterocycles. The molecule has 628 valence electrons. The summed E-state index contributed by atoms with van der Waals surface area (Å²) in [7, 11) is 0. The lowest BCUT2D eigenvalue weighted by Crippen LogP contribution is -2.09. The molecule has 0 amide bonds. The second-order valence-electron chi connectivity index (χ2n) is 32.5. The molecule has 2 aliphatic heterocycles. The van der Waals surface area contributed by atoms with E-state index in [9.17, 15) is 15.2 Å². The third-order valence-electron chi connectivity index (χ3n) is 23.8. The number of carboxylic acids is 1. The van der Waals surface area contributed by atoms with Crippen molar-refractivity contribution < 1.29 is 9.90 Å². The number of nitrogens with zero attached hydrogens (tertiary/aromatic N) is 6. The van der Waals surface area contributed by atoms with Gasteiger partial charge in [0.05, 0.1) is 38.7 Å². The molecule has 3 N–H and O–H groups in total. The third kappa shape index (κ3) is 20.1. The molecular formula is C114H108N8O2S2. The minimum Gasteiger partial charge on any atom is -0.477 e. The number of aliphatic carboxylic acids is 1. The standard InChI is InChI=1S/C114H108N8O2S2/c1-5-9-13-35-51-94-95(52-36-14-10-6-2)108(77-78-109-96(53-37-15-11-7-3)97(54-38-16-12-8-4)110(126-109)79-84(80-115)114(123)124)125-107(94)76-67-98-99-68-70-101(116-99)111(81-55-61-91(62-56-81)120(85-39-23-17-24-40-85)86-41-25-18-26-42-86)103-72-74-105(118-103)113(83-59-65-93(66-60-83)122(89-47-31-21-32-48-89)90-49-33-22-34-50-90)106-75-73-104(119-106)112(102-71-69-100(98)117-102)82-57-63-92(64-58-82)121(87-43-27-19-28-44-87)88-45-29-20-30-46-88/h17-34,39-50,55-66,68-75,77-79,116,119H,5-16,35-38,51-54H2,1-4H3,(H,123,124)/b78-77+,84-79-,99-98?,100-98?,111-101?,111-103?,112-102?,112-104?,113-105?,113-106?. The SMILES string of the molecule is CCCCCCc1c(C#Cc2c3nc(c(-c4ccc(N(c5ccccc5)c5ccccc5)cc4)c4ccc([nH]4)c(-c4ccc(N(c5ccccc5)c5ccccc5)cc4)c4nc(c(-c5ccc(N(c6ccccc6)c6ccccc6)cc5)c5ccc2[nH]5)C=C4)C=C3)sc(/C=C/c2sc(/C=C(/C#N)C(=O)O)c(CCCCCC)c2CCCCCC)c1CCCCCC. The molecule has 0 radical (unpaired) electrons. The number of thiophene rings is 2. The zero-order chi connectivity index (χ0) is 86.3. The first-order chi connectivity index (χ1) is 62.1. The summed E-state index contributed by atoms with van der Waals surface area (Å²) in [6.45, 7) is 9.05. The molecular weight excluding hydrogens is 1580 g/mol. The molecule has 0 saturated carbocycles. The van der Waals surface area contributed by atoms with Crippen LogP contribution in [0.15, 0.2) is 285 Å². The predicted octanol–water partition coefficient (Wildman–Crippen LogP) is 32.2. The third-order valence-corrected chi connectivity index (χ3v) is 26.2. The summed E-state index contributed by atoms with van der Waals surface area (Å²) in [6.07, 6.45) is 36.3. The Kier molecular flexibility index (Phi) is 28.8. The van der Waals surface area contributed by atoms with E-state index in [2.05, 4.69) is 380 Å². The van der Waals surface area contributed by atoms with Gasteiger partial charge in [0, 0.05) is 99.1 Å². The highest BCUT2D eigenvalue weighted by molar-refractivity contribution is 7.15. The lowest BCUT2D eigenvalue weighted by molar-refractivity contribution is -0.132. The number of anilines is 9. The van der Waals surface area contributed by atoms with E-state index in [1.807, 2.05) is 6.07 Å². The fraction of sp³-hybridized carbons (Fsp3) is 0.211. The van der Waals surface area contributed by atoms with Gasteiger partial charge < -0.3 is 29.8 Å². The number of aromatic amines is 2. The van der Waals surface area contributed by atoms with Crippen molar-refractivity contribution in [1.82, 2.24) is 19.9 Å². The van der Waals surface area contributed by atoms with Gasteiger partial charge in [-0.1, -0.05) is 262 Å². The van der Waals surface area contributed by atoms with Gasteiger partial charge in [0.1, 0.15) is 11.6 Å². The molecule has 0 aliphatic carbocycles. The number of fused-ring (bicyclic) bond motifs is 8. The van der Waals surface area contributed by atoms with Crippen LogP contribution in [0.4, 0.5) is 51.2 Å². The number of H-pyrrole nitrogens is 2. The number of hydrogen-bond donors (Lipinski definition) is 3. The molecule has 0 saturated heterocycles. The van der Waals surface area contributed by atoms with Gasteiger partial charge in [-0.05, 0) is 266 Å². The summed E-state index contributed by atoms with van der Waals surface area (Å²) in [5, 5.41) is 20.5. The first-order valence-electron chi connectivity index (χ1n) is 45.2. The molecule has 10 nitrogen and oxygen atoms in total. The first-order valence-corrected chi connectivity index (χ1v) is 46.8. The lowest BCUT2D eigenvalue weighted by Gasteiger charge is -2.25. The Morgan fingerprint density at radius 3 is 0.976 bits per heavy atom. The van der Waals surface area contributed by atoms with Gasteiger partial charge in [-0.3, -0.25) is 0 Å². The molecule has 0 spiro atoms. The minimum atomic E-state index is -1.20. The van der Waals surface area contributed by atoms with Crippen molar-refractivity contribution in [2.24, 2.45) is 0 Å². The van der Waals surface area contributed by atoms with Crippen molar-refractivity contribution in [1.29, 1.82) is 5.26 Å². The highest BCUT2D eigenvalue weighted by Crippen LogP contribution is 2.45. The number of benzene rings is 9. The minimum absolute atomic E-state index is 0.237. The Labute approximate surface area is 751 Å². The van der Waals surface area contributed by atoms with Crippen LogP contribution in [0.2, 0.25) is 0 Å². The Balaban J connectivity index is 0.934. The van der Waals surface area contributed by atoms with Gasteiger partial charge in [0.2, 0.25) is 0 Å². The van der Waals surface area contributed by atoms with Crippen LogP contribution in [0.3, 0.4) is 0 Å². The van der Waals surface area contributed by atoms with Crippen molar-refractivity contribution in [2.75, 3.05) is 14.7 Å². The maximum atomic E-state index is 12.6. The summed E-state index contributed by atoms with van der Waals surface area (Å²) >= 11 is 3.44. The van der Waals surface area contributed by atoms with Crippen LogP contribution < -0.4 is 14.7 Å². The second-order valence-corrected chi connectivity index (χ2v) is 34.6. The molecule has 126 heavy (non-hydrogen) atoms. The fourth-order valence-corrected chi connectivity index (χ4v) is 19.9. The summed E-state index contributed by atoms with van der Waals surface area (Å²) in [4.78, 5) is 43.6. The van der Waals surface area contributed by atoms with Crippen LogP contribution in [0.25, 0.3) is 98.0 Å². The van der Waals surface area contributed by atoms with Gasteiger partial charge in [-0.2, -0.15) is 5.26 Å². The maximum absolute atomic E-state index is 12.6. The molecule has 9 aromatic carbocycles. The Bertz CT molecular complexity index is 6240. The smallest absolute Gasteiger partial charge is 0.346 e. The Morgan fingerprint density at radius 2 is 0.635 bits per heavy atom. The largest absolute Gasteiger partial charge is 0.477 e. The molecule has 14 aromatic rings. The van der Waals surface area contributed by atoms with Gasteiger partial charge >= 0.3 is 5.97 Å². The number of para-hydroxylation sites is 6. The first kappa shape index (κ1) is 85.9. The maximum Gasteiger partial charge on any atom is 0.346 e. The lowest BCUT2D eigenvalue weighted by atomic mass is 9.95. The Morgan fingerprint density at radius 1 is 0.341 bits per heavy atom. The molecule has 0 fully saturated rings. The van der Waals surface area contributed by atoms with E-state index in [0.717, 1.165) is 278 Å². The van der Waals surface area contributed by atoms with Crippen LogP contribution in [0.1, 0.15) is 201 Å². The van der Waals surface area contributed by atoms with Crippen molar-refractivity contribution in [3.63, 3.8) is 0 Å². The summed E-state index contributed by atoms with van der Waals surface area (Å²) < 4.78 is 0. The highest BCUT2D eigenvalue weighted by atomic mass is 32.1. The van der Waals surface area contributed by atoms with E-state index < -0.39 is 5.97 Å². The number of nitriles is 1. The summed E-state index contributed by atoms with van der Waals surface area (Å²) in [5.41, 5.74) is 27.3. The van der Waals surface area contributed by atoms with E-state index in [4.69, 9.17) is 9.97 Å². The van der Waals surface area contributed by atoms with Crippen LogP contribution in [-0.4, -0.2) is 31.0 Å². The van der Waals surface area contributed by atoms with Crippen molar-refractivity contribution in [3.05, 3.63) is 355 Å². The number of unbranched alkanes of at least 4 members (excludes halogenated alkanes) is 12. The van der Waals surface area contributed by atoms with Crippen molar-refractivity contribution in [2.45, 2.75) is 156 Å². The van der Waals surface area contributed by atoms with Crippen LogP contribution >= 0.6 is 22.7 Å². The molecule has 2 aliphatic rings. The summed E-state index contributed by atoms with van der Waals surface area (Å²) in [5.74, 6) is 6.76. The topological polar surface area (TPSA) is 128 Å². The zero-order valence-electron chi connectivity index (χ0n) is 72.6. The summed E-state index contributed by atoms with van der Waals surface area (Å²) in [6, 6.07) is 101. The normalized spacial score (nSPS) is 11.8. The number of nitrogens with one attached hydrogen (secondary N) is 2. The van der Waals surface area contributed by atoms with Crippen molar-refractivity contribution >= 4 is 144 Å². The van der Waals surface area contributed by atoms with Gasteiger partial charge in [0.15, 0.2) is 0 Å². The second kappa shape index (κ2) is 42.2. The van der Waals surface area contributed by atoms with E-state index in [0.29, 0.717) is 0 Å². The monoisotopic (exact) mass is 1680 g/mol. The molecule has 12 heteroatoms. The molecule has 0 atom stereocenters. The molecule has 16 rings (SSSR count). The predicted molar refractivity (Wildman–Crippen MR) is 535 cm³/mol. The number of carboxylic acid groups (broad SMARTS) is 1. The average Bonchev–Trinajstić information content (AvgIpc) is 1.59. The van der Waals surface area contributed by atoms with E-state index in [1.165, 1.54) is 27.1 Å². The van der Waals surface area contributed by atoms with Crippen LogP contribution in [-0.2, 0) is 30.5 Å². The van der Waals surface area contributed by atoms with Crippen LogP contribution in [0, 0.1) is 23.2 Å². The van der Waals surface area contributed by atoms with Crippen LogP contribution in [0.5, 0.6) is 0 Å². The van der Waals surface area contributed by atoms with E-state index in [1.54, 1.807) is 28.7 Å². The van der Waals surface area contributed by atoms with E-state index >= 15 is 0 Å². The number of hydrogen-bond acceptors (Lipinski definition) is 9. The van der Waals surface area contributed by atoms with E-state index in [-0.39, 0.29) is 5.57 Å². The van der Waals surface area contributed by atoms with Gasteiger partial charge in [-0.15, -0.1) is 22.7 Å². The average molecular weight is 1690 g/mol. The Hall–Kier alpha value is -13.6. The number of rotatable bonds is 36. The van der Waals surface area contributed by atoms with Gasteiger partial charge in [-0.25, -0.2) is 14.8 Å². The quantitative estimate of drug-likeness (QED) is 0.0153. The molecule has 0 unspecified atom stereocenters. The fourth-order valence-electron chi connectivity index (χ4n) is 17.5. The zero-order valence-corrected chi connectivity index (χ0v) is 74.2.